The summed E-state index contributed by atoms with van der Waals surface area (Å²) >= 11 is 1.41. The predicted octanol–water partition coefficient (Wildman–Crippen LogP) is 3.13. The highest BCUT2D eigenvalue weighted by Gasteiger charge is 2.14. The zero-order valence-corrected chi connectivity index (χ0v) is 14.4. The summed E-state index contributed by atoms with van der Waals surface area (Å²) < 4.78 is 7.21. The molecule has 0 atom stereocenters. The van der Waals surface area contributed by atoms with Crippen LogP contribution in [-0.4, -0.2) is 27.3 Å². The van der Waals surface area contributed by atoms with Crippen molar-refractivity contribution in [2.24, 2.45) is 7.05 Å². The molecule has 7 heteroatoms. The van der Waals surface area contributed by atoms with Crippen molar-refractivity contribution in [2.45, 2.75) is 6.42 Å². The van der Waals surface area contributed by atoms with Crippen molar-refractivity contribution in [1.29, 1.82) is 0 Å². The number of aryl methyl sites for hydroxylation is 1. The molecule has 0 fully saturated rings. The fourth-order valence-corrected chi connectivity index (χ4v) is 3.38. The third-order valence-corrected chi connectivity index (χ3v) is 4.63. The maximum absolute atomic E-state index is 12.0. The second-order valence-electron chi connectivity index (χ2n) is 5.73. The lowest BCUT2D eigenvalue weighted by Gasteiger charge is -2.01. The van der Waals surface area contributed by atoms with Crippen LogP contribution in [-0.2, 0) is 18.3 Å². The number of hydrogen-bond acceptors (Lipinski definition) is 5. The van der Waals surface area contributed by atoms with E-state index in [1.807, 2.05) is 30.8 Å². The fraction of sp³-hybridized carbons (Fsp3) is 0.167. The Morgan fingerprint density at radius 1 is 1.44 bits per heavy atom. The van der Waals surface area contributed by atoms with Crippen LogP contribution in [0.15, 0.2) is 42.0 Å². The monoisotopic (exact) mass is 352 g/mol. The van der Waals surface area contributed by atoms with Crippen LogP contribution in [0, 0.1) is 0 Å². The van der Waals surface area contributed by atoms with E-state index >= 15 is 0 Å². The van der Waals surface area contributed by atoms with Crippen LogP contribution in [0.25, 0.3) is 17.3 Å². The summed E-state index contributed by atoms with van der Waals surface area (Å²) in [6, 6.07) is 6.07. The van der Waals surface area contributed by atoms with Gasteiger partial charge >= 0.3 is 0 Å². The first kappa shape index (κ1) is 15.6. The number of amides is 1. The normalized spacial score (nSPS) is 13.0. The molecule has 0 spiro atoms. The number of anilines is 1. The molecule has 0 saturated heterocycles. The molecule has 0 bridgehead atoms. The van der Waals surface area contributed by atoms with Gasteiger partial charge in [-0.25, -0.2) is 4.98 Å². The number of hydrogen-bond donors (Lipinski definition) is 1. The average molecular weight is 352 g/mol. The number of aromatic nitrogens is 3. The van der Waals surface area contributed by atoms with Crippen LogP contribution >= 0.6 is 11.3 Å². The number of fused-ring (bicyclic) bond motifs is 1. The summed E-state index contributed by atoms with van der Waals surface area (Å²) in [5.74, 6) is 0.736. The topological polar surface area (TPSA) is 69.0 Å². The third kappa shape index (κ3) is 3.46. The zero-order chi connectivity index (χ0) is 17.2. The Labute approximate surface area is 148 Å². The second-order valence-corrected chi connectivity index (χ2v) is 6.59. The number of benzene rings is 1. The summed E-state index contributed by atoms with van der Waals surface area (Å²) in [5, 5.41) is 9.36. The lowest BCUT2D eigenvalue weighted by Crippen LogP contribution is -2.07. The molecular formula is C18H16N4O2S. The first-order valence-corrected chi connectivity index (χ1v) is 8.75. The van der Waals surface area contributed by atoms with Crippen LogP contribution in [0.2, 0.25) is 0 Å². The molecule has 0 radical (unpaired) electrons. The van der Waals surface area contributed by atoms with Crippen molar-refractivity contribution in [3.8, 4) is 17.0 Å². The summed E-state index contributed by atoms with van der Waals surface area (Å²) in [6.45, 7) is 0.737. The van der Waals surface area contributed by atoms with Crippen LogP contribution in [0.3, 0.4) is 0 Å². The van der Waals surface area contributed by atoms with Crippen LogP contribution < -0.4 is 10.1 Å². The van der Waals surface area contributed by atoms with E-state index in [9.17, 15) is 4.79 Å². The Bertz CT molecular complexity index is 958. The zero-order valence-electron chi connectivity index (χ0n) is 13.6. The number of carbonyl (C=O) groups is 1. The number of thiazole rings is 1. The molecule has 1 amide bonds. The van der Waals surface area contributed by atoms with Gasteiger partial charge in [-0.1, -0.05) is 0 Å². The molecule has 3 heterocycles. The van der Waals surface area contributed by atoms with Crippen LogP contribution in [0.4, 0.5) is 5.13 Å². The minimum absolute atomic E-state index is 0.216. The molecule has 0 aliphatic carbocycles. The van der Waals surface area contributed by atoms with Crippen molar-refractivity contribution in [3.63, 3.8) is 0 Å². The SMILES string of the molecule is Cn1cc(C=CC(=O)Nc2nc(-c3ccc4c(c3)CCO4)cs2)cn1. The molecule has 1 aromatic carbocycles. The molecule has 25 heavy (non-hydrogen) atoms. The van der Waals surface area contributed by atoms with E-state index in [1.54, 1.807) is 17.0 Å². The van der Waals surface area contributed by atoms with Gasteiger partial charge in [0.05, 0.1) is 18.5 Å². The van der Waals surface area contributed by atoms with Crippen molar-refractivity contribution < 1.29 is 9.53 Å². The molecule has 1 N–H and O–H groups in total. The van der Waals surface area contributed by atoms with Gasteiger partial charge in [0.1, 0.15) is 5.75 Å². The lowest BCUT2D eigenvalue weighted by atomic mass is 10.1. The van der Waals surface area contributed by atoms with E-state index in [2.05, 4.69) is 21.5 Å². The highest BCUT2D eigenvalue weighted by atomic mass is 32.1. The summed E-state index contributed by atoms with van der Waals surface area (Å²) in [6.07, 6.45) is 7.66. The van der Waals surface area contributed by atoms with E-state index in [4.69, 9.17) is 4.74 Å². The van der Waals surface area contributed by atoms with E-state index < -0.39 is 0 Å². The van der Waals surface area contributed by atoms with Gasteiger partial charge in [-0.2, -0.15) is 5.10 Å². The van der Waals surface area contributed by atoms with Gasteiger partial charge in [0.15, 0.2) is 5.13 Å². The molecule has 6 nitrogen and oxygen atoms in total. The Morgan fingerprint density at radius 2 is 2.36 bits per heavy atom. The largest absolute Gasteiger partial charge is 0.493 e. The quantitative estimate of drug-likeness (QED) is 0.733. The van der Waals surface area contributed by atoms with Gasteiger partial charge in [-0.3, -0.25) is 14.8 Å². The Balaban J connectivity index is 1.44. The molecule has 0 saturated carbocycles. The molecular weight excluding hydrogens is 336 g/mol. The maximum atomic E-state index is 12.0. The Hall–Kier alpha value is -2.93. The molecule has 1 aliphatic rings. The van der Waals surface area contributed by atoms with Crippen LogP contribution in [0.1, 0.15) is 11.1 Å². The van der Waals surface area contributed by atoms with Gasteiger partial charge < -0.3 is 4.74 Å². The predicted molar refractivity (Wildman–Crippen MR) is 97.6 cm³/mol. The summed E-state index contributed by atoms with van der Waals surface area (Å²) in [4.78, 5) is 16.5. The van der Waals surface area contributed by atoms with Crippen molar-refractivity contribution in [2.75, 3.05) is 11.9 Å². The summed E-state index contributed by atoms with van der Waals surface area (Å²) in [7, 11) is 1.83. The highest BCUT2D eigenvalue weighted by Crippen LogP contribution is 2.31. The molecule has 0 unspecified atom stereocenters. The minimum Gasteiger partial charge on any atom is -0.493 e. The van der Waals surface area contributed by atoms with Crippen molar-refractivity contribution >= 4 is 28.5 Å². The van der Waals surface area contributed by atoms with E-state index in [-0.39, 0.29) is 5.91 Å². The summed E-state index contributed by atoms with van der Waals surface area (Å²) in [5.41, 5.74) is 3.96. The maximum Gasteiger partial charge on any atom is 0.250 e. The van der Waals surface area contributed by atoms with E-state index in [0.717, 1.165) is 35.6 Å². The van der Waals surface area contributed by atoms with Gasteiger partial charge in [0, 0.05) is 42.2 Å². The van der Waals surface area contributed by atoms with Crippen molar-refractivity contribution in [3.05, 3.63) is 53.2 Å². The molecule has 3 aromatic rings. The average Bonchev–Trinajstić information content (AvgIpc) is 3.32. The molecule has 1 aliphatic heterocycles. The minimum atomic E-state index is -0.216. The third-order valence-electron chi connectivity index (χ3n) is 3.87. The highest BCUT2D eigenvalue weighted by molar-refractivity contribution is 7.14. The second kappa shape index (κ2) is 6.52. The number of carbonyl (C=O) groups excluding carboxylic acids is 1. The van der Waals surface area contributed by atoms with Gasteiger partial charge in [0.2, 0.25) is 5.91 Å². The van der Waals surface area contributed by atoms with E-state index in [0.29, 0.717) is 5.13 Å². The Morgan fingerprint density at radius 3 is 3.20 bits per heavy atom. The number of rotatable bonds is 4. The first-order chi connectivity index (χ1) is 12.2. The fourth-order valence-electron chi connectivity index (χ4n) is 2.65. The number of nitrogens with zero attached hydrogens (tertiary/aromatic N) is 3. The standard InChI is InChI=1S/C18H16N4O2S/c1-22-10-12(9-19-22)2-5-17(23)21-18-20-15(11-25-18)13-3-4-16-14(8-13)6-7-24-16/h2-5,8-11H,6-7H2,1H3,(H,20,21,23). The van der Waals surface area contributed by atoms with Gasteiger partial charge in [-0.05, 0) is 29.8 Å². The van der Waals surface area contributed by atoms with Crippen molar-refractivity contribution in [1.82, 2.24) is 14.8 Å². The molecule has 126 valence electrons. The van der Waals surface area contributed by atoms with Gasteiger partial charge in [0.25, 0.3) is 0 Å². The number of ether oxygens (including phenoxy) is 1. The number of nitrogens with one attached hydrogen (secondary N) is 1. The smallest absolute Gasteiger partial charge is 0.250 e. The molecule has 4 rings (SSSR count). The molecule has 2 aromatic heterocycles. The van der Waals surface area contributed by atoms with Gasteiger partial charge in [-0.15, -0.1) is 11.3 Å². The van der Waals surface area contributed by atoms with E-state index in [1.165, 1.54) is 23.0 Å². The lowest BCUT2D eigenvalue weighted by molar-refractivity contribution is -0.111. The first-order valence-electron chi connectivity index (χ1n) is 7.87. The Kier molecular flexibility index (Phi) is 4.07. The van der Waals surface area contributed by atoms with Crippen LogP contribution in [0.5, 0.6) is 5.75 Å².